The maximum atomic E-state index is 4.37. The van der Waals surface area contributed by atoms with E-state index in [1.54, 1.807) is 11.3 Å². The summed E-state index contributed by atoms with van der Waals surface area (Å²) in [6.07, 6.45) is 1.93. The number of thiophene rings is 1. The zero-order valence-electron chi connectivity index (χ0n) is 8.32. The zero-order chi connectivity index (χ0) is 9.97. The Morgan fingerprint density at radius 1 is 1.57 bits per heavy atom. The molecule has 2 aromatic heterocycles. The van der Waals surface area contributed by atoms with Gasteiger partial charge in [-0.3, -0.25) is 0 Å². The largest absolute Gasteiger partial charge is 0.329 e. The molecule has 0 saturated carbocycles. The van der Waals surface area contributed by atoms with Crippen LogP contribution in [-0.4, -0.2) is 16.6 Å². The van der Waals surface area contributed by atoms with Crippen molar-refractivity contribution in [3.63, 3.8) is 0 Å². The summed E-state index contributed by atoms with van der Waals surface area (Å²) in [7, 11) is 3.98. The molecule has 0 unspecified atom stereocenters. The Balaban J connectivity index is 2.36. The Morgan fingerprint density at radius 3 is 3.07 bits per heavy atom. The van der Waals surface area contributed by atoms with E-state index >= 15 is 0 Å². The molecule has 0 aliphatic heterocycles. The van der Waals surface area contributed by atoms with E-state index in [-0.39, 0.29) is 0 Å². The molecule has 2 aromatic rings. The summed E-state index contributed by atoms with van der Waals surface area (Å²) in [5.74, 6) is 1.07. The molecule has 0 aliphatic rings. The van der Waals surface area contributed by atoms with E-state index in [9.17, 15) is 0 Å². The van der Waals surface area contributed by atoms with Gasteiger partial charge in [-0.1, -0.05) is 6.07 Å². The lowest BCUT2D eigenvalue weighted by Gasteiger charge is -2.03. The van der Waals surface area contributed by atoms with Crippen LogP contribution in [0.2, 0.25) is 0 Å². The minimum Gasteiger partial charge on any atom is -0.329 e. The first-order valence-electron chi connectivity index (χ1n) is 4.52. The Hall–Kier alpha value is -1.13. The fourth-order valence-corrected chi connectivity index (χ4v) is 2.19. The zero-order valence-corrected chi connectivity index (χ0v) is 9.14. The van der Waals surface area contributed by atoms with Gasteiger partial charge in [-0.2, -0.15) is 0 Å². The van der Waals surface area contributed by atoms with Crippen LogP contribution in [0, 0.1) is 0 Å². The summed E-state index contributed by atoms with van der Waals surface area (Å²) in [6, 6.07) is 4.18. The highest BCUT2D eigenvalue weighted by Gasteiger charge is 2.07. The molecule has 0 aromatic carbocycles. The molecule has 74 valence electrons. The van der Waals surface area contributed by atoms with Gasteiger partial charge in [0.15, 0.2) is 0 Å². The SMILES string of the molecule is CNCc1ncc(-c2cccs2)n1C. The van der Waals surface area contributed by atoms with Crippen LogP contribution in [0.3, 0.4) is 0 Å². The van der Waals surface area contributed by atoms with Crippen molar-refractivity contribution in [2.45, 2.75) is 6.54 Å². The van der Waals surface area contributed by atoms with Gasteiger partial charge in [0, 0.05) is 7.05 Å². The highest BCUT2D eigenvalue weighted by atomic mass is 32.1. The molecule has 0 fully saturated rings. The number of hydrogen-bond acceptors (Lipinski definition) is 3. The summed E-state index contributed by atoms with van der Waals surface area (Å²) in [6.45, 7) is 0.807. The minimum absolute atomic E-state index is 0.807. The number of rotatable bonds is 3. The summed E-state index contributed by atoms with van der Waals surface area (Å²) in [5.41, 5.74) is 1.19. The van der Waals surface area contributed by atoms with Gasteiger partial charge in [-0.15, -0.1) is 11.3 Å². The average Bonchev–Trinajstić information content (AvgIpc) is 2.77. The van der Waals surface area contributed by atoms with Gasteiger partial charge in [0.1, 0.15) is 5.82 Å². The maximum absolute atomic E-state index is 4.37. The molecule has 2 heterocycles. The number of nitrogens with one attached hydrogen (secondary N) is 1. The smallest absolute Gasteiger partial charge is 0.122 e. The van der Waals surface area contributed by atoms with E-state index in [1.165, 1.54) is 10.6 Å². The highest BCUT2D eigenvalue weighted by molar-refractivity contribution is 7.13. The molecule has 0 saturated heterocycles. The van der Waals surface area contributed by atoms with E-state index in [0.29, 0.717) is 0 Å². The average molecular weight is 207 g/mol. The van der Waals surface area contributed by atoms with Gasteiger partial charge < -0.3 is 9.88 Å². The van der Waals surface area contributed by atoms with Crippen LogP contribution >= 0.6 is 11.3 Å². The molecule has 4 heteroatoms. The lowest BCUT2D eigenvalue weighted by Crippen LogP contribution is -2.10. The Bertz CT molecular complexity index is 403. The van der Waals surface area contributed by atoms with Crippen LogP contribution in [0.15, 0.2) is 23.7 Å². The third-order valence-electron chi connectivity index (χ3n) is 2.19. The van der Waals surface area contributed by atoms with Crippen molar-refractivity contribution >= 4 is 11.3 Å². The number of aromatic nitrogens is 2. The van der Waals surface area contributed by atoms with Gasteiger partial charge in [0.2, 0.25) is 0 Å². The van der Waals surface area contributed by atoms with Gasteiger partial charge in [0.25, 0.3) is 0 Å². The van der Waals surface area contributed by atoms with Crippen LogP contribution in [0.4, 0.5) is 0 Å². The van der Waals surface area contributed by atoms with Crippen molar-refractivity contribution in [3.8, 4) is 10.6 Å². The van der Waals surface area contributed by atoms with Gasteiger partial charge in [-0.25, -0.2) is 4.98 Å². The lowest BCUT2D eigenvalue weighted by atomic mass is 10.4. The van der Waals surface area contributed by atoms with Crippen molar-refractivity contribution in [2.24, 2.45) is 7.05 Å². The Labute approximate surface area is 87.4 Å². The van der Waals surface area contributed by atoms with Crippen LogP contribution < -0.4 is 5.32 Å². The van der Waals surface area contributed by atoms with E-state index in [1.807, 2.05) is 13.2 Å². The summed E-state index contributed by atoms with van der Waals surface area (Å²) >= 11 is 1.74. The Morgan fingerprint density at radius 2 is 2.43 bits per heavy atom. The summed E-state index contributed by atoms with van der Waals surface area (Å²) < 4.78 is 2.13. The van der Waals surface area contributed by atoms with E-state index in [2.05, 4.69) is 39.4 Å². The van der Waals surface area contributed by atoms with Crippen molar-refractivity contribution in [1.82, 2.24) is 14.9 Å². The number of hydrogen-bond donors (Lipinski definition) is 1. The molecule has 2 rings (SSSR count). The summed E-state index contributed by atoms with van der Waals surface area (Å²) in [5, 5.41) is 5.19. The third kappa shape index (κ3) is 1.58. The van der Waals surface area contributed by atoms with Crippen LogP contribution in [0.5, 0.6) is 0 Å². The lowest BCUT2D eigenvalue weighted by molar-refractivity contribution is 0.712. The number of imidazole rings is 1. The van der Waals surface area contributed by atoms with Gasteiger partial charge in [-0.05, 0) is 18.5 Å². The van der Waals surface area contributed by atoms with Crippen molar-refractivity contribution in [1.29, 1.82) is 0 Å². The van der Waals surface area contributed by atoms with Gasteiger partial charge in [0.05, 0.1) is 23.3 Å². The van der Waals surface area contributed by atoms with Crippen LogP contribution in [0.1, 0.15) is 5.82 Å². The second-order valence-electron chi connectivity index (χ2n) is 3.13. The van der Waals surface area contributed by atoms with E-state index < -0.39 is 0 Å². The quantitative estimate of drug-likeness (QED) is 0.832. The topological polar surface area (TPSA) is 29.9 Å². The second-order valence-corrected chi connectivity index (χ2v) is 4.07. The van der Waals surface area contributed by atoms with E-state index in [4.69, 9.17) is 0 Å². The first-order chi connectivity index (χ1) is 6.83. The predicted molar refractivity (Wildman–Crippen MR) is 59.3 cm³/mol. The van der Waals surface area contributed by atoms with Gasteiger partial charge >= 0.3 is 0 Å². The van der Waals surface area contributed by atoms with Crippen molar-refractivity contribution in [3.05, 3.63) is 29.5 Å². The first kappa shape index (κ1) is 9.43. The van der Waals surface area contributed by atoms with Crippen molar-refractivity contribution in [2.75, 3.05) is 7.05 Å². The Kier molecular flexibility index (Phi) is 2.65. The van der Waals surface area contributed by atoms with Crippen LogP contribution in [0.25, 0.3) is 10.6 Å². The fourth-order valence-electron chi connectivity index (χ4n) is 1.42. The molecule has 0 radical (unpaired) electrons. The molecule has 0 bridgehead atoms. The molecule has 1 N–H and O–H groups in total. The maximum Gasteiger partial charge on any atom is 0.122 e. The molecule has 0 amide bonds. The minimum atomic E-state index is 0.807. The second kappa shape index (κ2) is 3.94. The third-order valence-corrected chi connectivity index (χ3v) is 3.09. The summed E-state index contributed by atoms with van der Waals surface area (Å²) in [4.78, 5) is 5.63. The molecule has 3 nitrogen and oxygen atoms in total. The molecule has 0 aliphatic carbocycles. The monoisotopic (exact) mass is 207 g/mol. The highest BCUT2D eigenvalue weighted by Crippen LogP contribution is 2.24. The standard InChI is InChI=1S/C10H13N3S/c1-11-7-10-12-6-8(13(10)2)9-4-3-5-14-9/h3-6,11H,7H2,1-2H3. The van der Waals surface area contributed by atoms with Crippen molar-refractivity contribution < 1.29 is 0 Å². The molecule has 0 spiro atoms. The van der Waals surface area contributed by atoms with Crippen LogP contribution in [-0.2, 0) is 13.6 Å². The number of nitrogens with zero attached hydrogens (tertiary/aromatic N) is 2. The molecule has 0 atom stereocenters. The normalized spacial score (nSPS) is 10.7. The predicted octanol–water partition coefficient (Wildman–Crippen LogP) is 1.87. The van der Waals surface area contributed by atoms with E-state index in [0.717, 1.165) is 12.4 Å². The molecule has 14 heavy (non-hydrogen) atoms. The fraction of sp³-hybridized carbons (Fsp3) is 0.300. The molecular formula is C10H13N3S. The first-order valence-corrected chi connectivity index (χ1v) is 5.40. The molecular weight excluding hydrogens is 194 g/mol.